The van der Waals surface area contributed by atoms with Gasteiger partial charge in [0.2, 0.25) is 5.91 Å². The van der Waals surface area contributed by atoms with E-state index in [4.69, 9.17) is 16.3 Å². The number of nitrogens with one attached hydrogen (secondary N) is 1. The lowest BCUT2D eigenvalue weighted by Gasteiger charge is -2.15. The molecule has 1 N–H and O–H groups in total. The van der Waals surface area contributed by atoms with E-state index in [0.717, 1.165) is 5.56 Å². The van der Waals surface area contributed by atoms with E-state index in [1.807, 2.05) is 19.9 Å². The number of halogens is 1. The van der Waals surface area contributed by atoms with Crippen LogP contribution in [0.25, 0.3) is 0 Å². The maximum atomic E-state index is 12.2. The molecule has 1 atom stereocenters. The average molecular weight is 462 g/mol. The van der Waals surface area contributed by atoms with Gasteiger partial charge in [0, 0.05) is 29.9 Å². The molecule has 0 bridgehead atoms. The Balaban J connectivity index is 1.59. The minimum absolute atomic E-state index is 0.0697. The number of rotatable bonds is 8. The fourth-order valence-electron chi connectivity index (χ4n) is 2.78. The van der Waals surface area contributed by atoms with E-state index in [1.165, 1.54) is 30.0 Å². The molecular weight excluding hydrogens is 442 g/mol. The van der Waals surface area contributed by atoms with Gasteiger partial charge < -0.3 is 14.6 Å². The third-order valence-electron chi connectivity index (χ3n) is 4.35. The Labute approximate surface area is 187 Å². The molecule has 9 nitrogen and oxygen atoms in total. The van der Waals surface area contributed by atoms with Crippen LogP contribution in [0.2, 0.25) is 5.02 Å². The van der Waals surface area contributed by atoms with Gasteiger partial charge >= 0.3 is 0 Å². The molecule has 1 unspecified atom stereocenters. The van der Waals surface area contributed by atoms with Gasteiger partial charge in [0.1, 0.15) is 5.75 Å². The van der Waals surface area contributed by atoms with E-state index < -0.39 is 4.92 Å². The van der Waals surface area contributed by atoms with Gasteiger partial charge in [-0.3, -0.25) is 14.9 Å². The third kappa shape index (κ3) is 5.74. The van der Waals surface area contributed by atoms with E-state index in [-0.39, 0.29) is 23.5 Å². The number of aromatic nitrogens is 3. The predicted octanol–water partition coefficient (Wildman–Crippen LogP) is 4.56. The molecule has 0 aliphatic heterocycles. The van der Waals surface area contributed by atoms with Crippen LogP contribution in [0.15, 0.2) is 47.6 Å². The number of nitrogens with zero attached hydrogens (tertiary/aromatic N) is 4. The van der Waals surface area contributed by atoms with Crippen molar-refractivity contribution in [2.45, 2.75) is 25.1 Å². The van der Waals surface area contributed by atoms with Crippen LogP contribution >= 0.6 is 23.4 Å². The number of amides is 1. The number of non-ortho nitro benzene ring substituents is 1. The van der Waals surface area contributed by atoms with Crippen LogP contribution in [0, 0.1) is 17.0 Å². The number of carbonyl (C=O) groups excluding carboxylic acids is 1. The summed E-state index contributed by atoms with van der Waals surface area (Å²) >= 11 is 7.25. The van der Waals surface area contributed by atoms with Crippen LogP contribution in [-0.2, 0) is 11.8 Å². The van der Waals surface area contributed by atoms with Crippen molar-refractivity contribution in [3.8, 4) is 5.75 Å². The van der Waals surface area contributed by atoms with Crippen LogP contribution in [0.1, 0.15) is 24.4 Å². The van der Waals surface area contributed by atoms with Crippen LogP contribution in [0.3, 0.4) is 0 Å². The van der Waals surface area contributed by atoms with Crippen molar-refractivity contribution < 1.29 is 14.5 Å². The number of benzene rings is 2. The molecule has 2 aromatic carbocycles. The van der Waals surface area contributed by atoms with Gasteiger partial charge in [0.25, 0.3) is 5.69 Å². The van der Waals surface area contributed by atoms with Crippen molar-refractivity contribution >= 4 is 40.6 Å². The Bertz CT molecular complexity index is 1120. The molecule has 11 heteroatoms. The summed E-state index contributed by atoms with van der Waals surface area (Å²) < 4.78 is 7.70. The van der Waals surface area contributed by atoms with E-state index in [9.17, 15) is 14.9 Å². The number of carbonyl (C=O) groups is 1. The molecule has 1 heterocycles. The first-order chi connectivity index (χ1) is 14.7. The Morgan fingerprint density at radius 2 is 2.10 bits per heavy atom. The third-order valence-corrected chi connectivity index (χ3v) is 5.79. The zero-order chi connectivity index (χ0) is 22.5. The number of hydrogen-bond donors (Lipinski definition) is 1. The Morgan fingerprint density at radius 3 is 2.81 bits per heavy atom. The summed E-state index contributed by atoms with van der Waals surface area (Å²) in [4.78, 5) is 22.6. The van der Waals surface area contributed by atoms with Gasteiger partial charge in [0.05, 0.1) is 10.7 Å². The molecule has 1 aromatic heterocycles. The quantitative estimate of drug-likeness (QED) is 0.297. The molecule has 0 radical (unpaired) electrons. The summed E-state index contributed by atoms with van der Waals surface area (Å²) in [6.07, 6.45) is -0.369. The zero-order valence-electron chi connectivity index (χ0n) is 17.0. The van der Waals surface area contributed by atoms with Crippen LogP contribution < -0.4 is 10.1 Å². The first-order valence-corrected chi connectivity index (χ1v) is 10.6. The number of nitro groups is 1. The van der Waals surface area contributed by atoms with Crippen LogP contribution in [0.5, 0.6) is 5.75 Å². The van der Waals surface area contributed by atoms with Crippen LogP contribution in [-0.4, -0.2) is 31.3 Å². The maximum Gasteiger partial charge on any atom is 0.271 e. The lowest BCUT2D eigenvalue weighted by Crippen LogP contribution is -2.15. The molecule has 1 amide bonds. The summed E-state index contributed by atoms with van der Waals surface area (Å²) in [6, 6.07) is 11.2. The molecule has 0 saturated carbocycles. The van der Waals surface area contributed by atoms with E-state index in [0.29, 0.717) is 27.4 Å². The minimum Gasteiger partial charge on any atom is -0.483 e. The van der Waals surface area contributed by atoms with Crippen molar-refractivity contribution in [1.29, 1.82) is 0 Å². The Morgan fingerprint density at radius 1 is 1.32 bits per heavy atom. The van der Waals surface area contributed by atoms with Crippen molar-refractivity contribution in [3.05, 3.63) is 69.0 Å². The second-order valence-electron chi connectivity index (χ2n) is 6.72. The molecule has 0 aliphatic rings. The standard InChI is InChI=1S/C20H20ClN5O4S/c1-12-9-16(7-8-17(12)21)30-13(2)19-23-24-20(25(19)3)31-11-18(27)22-14-5-4-6-15(10-14)26(28)29/h4-10,13H,11H2,1-3H3,(H,22,27). The van der Waals surface area contributed by atoms with E-state index in [1.54, 1.807) is 29.8 Å². The highest BCUT2D eigenvalue weighted by Crippen LogP contribution is 2.27. The minimum atomic E-state index is -0.514. The number of nitro benzene ring substituents is 1. The van der Waals surface area contributed by atoms with Crippen molar-refractivity contribution in [2.75, 3.05) is 11.1 Å². The van der Waals surface area contributed by atoms with Gasteiger partial charge in [-0.15, -0.1) is 10.2 Å². The fraction of sp³-hybridized carbons (Fsp3) is 0.250. The maximum absolute atomic E-state index is 12.2. The van der Waals surface area contributed by atoms with E-state index in [2.05, 4.69) is 15.5 Å². The second kappa shape index (κ2) is 9.80. The zero-order valence-corrected chi connectivity index (χ0v) is 18.6. The normalized spacial score (nSPS) is 11.7. The van der Waals surface area contributed by atoms with Gasteiger partial charge in [-0.05, 0) is 43.7 Å². The summed E-state index contributed by atoms with van der Waals surface area (Å²) in [7, 11) is 1.79. The smallest absolute Gasteiger partial charge is 0.271 e. The molecule has 3 aromatic rings. The summed E-state index contributed by atoms with van der Waals surface area (Å²) in [6.45, 7) is 3.76. The molecule has 0 spiro atoms. The lowest BCUT2D eigenvalue weighted by atomic mass is 10.2. The number of aryl methyl sites for hydroxylation is 1. The monoisotopic (exact) mass is 461 g/mol. The van der Waals surface area contributed by atoms with Gasteiger partial charge in [0.15, 0.2) is 17.1 Å². The SMILES string of the molecule is Cc1cc(OC(C)c2nnc(SCC(=O)Nc3cccc([N+](=O)[O-])c3)n2C)ccc1Cl. The predicted molar refractivity (Wildman–Crippen MR) is 119 cm³/mol. The molecular formula is C20H20ClN5O4S. The molecule has 0 saturated heterocycles. The lowest BCUT2D eigenvalue weighted by molar-refractivity contribution is -0.384. The highest BCUT2D eigenvalue weighted by molar-refractivity contribution is 7.99. The first kappa shape index (κ1) is 22.6. The number of thioether (sulfide) groups is 1. The van der Waals surface area contributed by atoms with Crippen LogP contribution in [0.4, 0.5) is 11.4 Å². The summed E-state index contributed by atoms with van der Waals surface area (Å²) in [5.74, 6) is 1.04. The largest absolute Gasteiger partial charge is 0.483 e. The number of anilines is 1. The van der Waals surface area contributed by atoms with Crippen molar-refractivity contribution in [2.24, 2.45) is 7.05 Å². The van der Waals surface area contributed by atoms with Crippen molar-refractivity contribution in [3.63, 3.8) is 0 Å². The topological polar surface area (TPSA) is 112 Å². The number of ether oxygens (including phenoxy) is 1. The Kier molecular flexibility index (Phi) is 7.13. The first-order valence-electron chi connectivity index (χ1n) is 9.24. The summed E-state index contributed by atoms with van der Waals surface area (Å²) in [5.41, 5.74) is 1.18. The molecule has 31 heavy (non-hydrogen) atoms. The molecule has 0 fully saturated rings. The van der Waals surface area contributed by atoms with E-state index >= 15 is 0 Å². The number of hydrogen-bond acceptors (Lipinski definition) is 7. The molecule has 162 valence electrons. The average Bonchev–Trinajstić information content (AvgIpc) is 3.10. The highest BCUT2D eigenvalue weighted by Gasteiger charge is 2.18. The van der Waals surface area contributed by atoms with Gasteiger partial charge in [-0.2, -0.15) is 0 Å². The highest BCUT2D eigenvalue weighted by atomic mass is 35.5. The second-order valence-corrected chi connectivity index (χ2v) is 8.06. The fourth-order valence-corrected chi connectivity index (χ4v) is 3.61. The van der Waals surface area contributed by atoms with Gasteiger partial charge in [-0.25, -0.2) is 0 Å². The van der Waals surface area contributed by atoms with Crippen molar-refractivity contribution in [1.82, 2.24) is 14.8 Å². The van der Waals surface area contributed by atoms with Gasteiger partial charge in [-0.1, -0.05) is 29.4 Å². The molecule has 0 aliphatic carbocycles. The summed E-state index contributed by atoms with van der Waals surface area (Å²) in [5, 5.41) is 23.0. The Hall–Kier alpha value is -3.11. The molecule has 3 rings (SSSR count).